The third-order valence-electron chi connectivity index (χ3n) is 0.805. The lowest BCUT2D eigenvalue weighted by molar-refractivity contribution is 0.220. The highest BCUT2D eigenvalue weighted by Crippen LogP contribution is 2.14. The van der Waals surface area contributed by atoms with Crippen LogP contribution < -0.4 is 0 Å². The molecule has 0 aromatic carbocycles. The first-order valence-corrected chi connectivity index (χ1v) is 5.23. The molecule has 60 valence electrons. The summed E-state index contributed by atoms with van der Waals surface area (Å²) in [7, 11) is 1.76. The molecule has 1 unspecified atom stereocenters. The molecule has 0 aromatic heterocycles. The molecule has 0 spiro atoms. The van der Waals surface area contributed by atoms with Gasteiger partial charge in [-0.15, -0.1) is 11.8 Å². The van der Waals surface area contributed by atoms with Gasteiger partial charge in [-0.05, 0) is 13.2 Å². The van der Waals surface area contributed by atoms with Crippen molar-refractivity contribution in [2.45, 2.75) is 13.0 Å². The molecule has 0 aromatic rings. The van der Waals surface area contributed by atoms with E-state index in [1.807, 2.05) is 6.26 Å². The Morgan fingerprint density at radius 3 is 2.60 bits per heavy atom. The van der Waals surface area contributed by atoms with Gasteiger partial charge in [-0.2, -0.15) is 0 Å². The fourth-order valence-electron chi connectivity index (χ4n) is 0.407. The first-order chi connectivity index (χ1) is 4.70. The zero-order valence-electron chi connectivity index (χ0n) is 6.50. The Morgan fingerprint density at radius 2 is 2.30 bits per heavy atom. The van der Waals surface area contributed by atoms with Crippen LogP contribution in [-0.4, -0.2) is 34.6 Å². The molecule has 1 N–H and O–H groups in total. The summed E-state index contributed by atoms with van der Waals surface area (Å²) in [6, 6.07) is 0. The number of rotatable bonds is 2. The Hall–Kier alpha value is 0.330. The van der Waals surface area contributed by atoms with Crippen molar-refractivity contribution in [2.24, 2.45) is 4.99 Å². The van der Waals surface area contributed by atoms with Gasteiger partial charge in [-0.25, -0.2) is 0 Å². The zero-order chi connectivity index (χ0) is 7.98. The van der Waals surface area contributed by atoms with E-state index < -0.39 is 0 Å². The van der Waals surface area contributed by atoms with Gasteiger partial charge in [-0.1, -0.05) is 11.8 Å². The van der Waals surface area contributed by atoms with E-state index in [2.05, 4.69) is 4.99 Å². The summed E-state index contributed by atoms with van der Waals surface area (Å²) in [6.07, 6.45) is 1.74. The van der Waals surface area contributed by atoms with E-state index in [0.29, 0.717) is 0 Å². The standard InChI is InChI=1S/C6H13NOS2/c1-5(8)4-10-6(7-2)9-3/h5,8H,4H2,1-3H3. The Kier molecular flexibility index (Phi) is 6.27. The van der Waals surface area contributed by atoms with Crippen LogP contribution in [0, 0.1) is 0 Å². The number of hydrogen-bond acceptors (Lipinski definition) is 4. The predicted molar refractivity (Wildman–Crippen MR) is 51.0 cm³/mol. The number of aliphatic imine (C=N–C) groups is 1. The first-order valence-electron chi connectivity index (χ1n) is 3.02. The Bertz CT molecular complexity index is 114. The van der Waals surface area contributed by atoms with E-state index in [9.17, 15) is 0 Å². The summed E-state index contributed by atoms with van der Waals surface area (Å²) in [5.41, 5.74) is 0. The summed E-state index contributed by atoms with van der Waals surface area (Å²) in [4.78, 5) is 4.01. The number of thioether (sulfide) groups is 2. The lowest BCUT2D eigenvalue weighted by Crippen LogP contribution is -2.04. The number of aliphatic hydroxyl groups excluding tert-OH is 1. The van der Waals surface area contributed by atoms with E-state index in [0.717, 1.165) is 10.1 Å². The van der Waals surface area contributed by atoms with E-state index >= 15 is 0 Å². The number of aliphatic hydroxyl groups is 1. The maximum Gasteiger partial charge on any atom is 0.124 e. The zero-order valence-corrected chi connectivity index (χ0v) is 8.13. The van der Waals surface area contributed by atoms with Crippen molar-refractivity contribution in [2.75, 3.05) is 19.1 Å². The summed E-state index contributed by atoms with van der Waals surface area (Å²) >= 11 is 3.21. The van der Waals surface area contributed by atoms with Crippen LogP contribution >= 0.6 is 23.5 Å². The van der Waals surface area contributed by atoms with Gasteiger partial charge < -0.3 is 5.11 Å². The van der Waals surface area contributed by atoms with Crippen LogP contribution in [-0.2, 0) is 0 Å². The van der Waals surface area contributed by atoms with Gasteiger partial charge in [-0.3, -0.25) is 4.99 Å². The molecule has 0 saturated carbocycles. The highest BCUT2D eigenvalue weighted by Gasteiger charge is 1.99. The first kappa shape index (κ1) is 10.3. The van der Waals surface area contributed by atoms with Gasteiger partial charge in [0.25, 0.3) is 0 Å². The average Bonchev–Trinajstić information content (AvgIpc) is 1.90. The fraction of sp³-hybridized carbons (Fsp3) is 0.833. The maximum atomic E-state index is 8.91. The van der Waals surface area contributed by atoms with Crippen LogP contribution in [0.2, 0.25) is 0 Å². The third-order valence-corrected chi connectivity index (χ3v) is 3.27. The second-order valence-electron chi connectivity index (χ2n) is 1.85. The van der Waals surface area contributed by atoms with Crippen molar-refractivity contribution in [1.82, 2.24) is 0 Å². The van der Waals surface area contributed by atoms with Crippen molar-refractivity contribution in [3.8, 4) is 0 Å². The molecule has 0 aliphatic rings. The van der Waals surface area contributed by atoms with Crippen molar-refractivity contribution >= 4 is 27.9 Å². The minimum absolute atomic E-state index is 0.242. The second-order valence-corrected chi connectivity index (χ2v) is 3.92. The topological polar surface area (TPSA) is 32.6 Å². The van der Waals surface area contributed by atoms with E-state index in [-0.39, 0.29) is 6.10 Å². The highest BCUT2D eigenvalue weighted by atomic mass is 32.2. The molecular weight excluding hydrogens is 166 g/mol. The molecule has 10 heavy (non-hydrogen) atoms. The predicted octanol–water partition coefficient (Wildman–Crippen LogP) is 1.45. The minimum Gasteiger partial charge on any atom is -0.393 e. The van der Waals surface area contributed by atoms with Gasteiger partial charge >= 0.3 is 0 Å². The third kappa shape index (κ3) is 5.14. The molecule has 0 radical (unpaired) electrons. The van der Waals surface area contributed by atoms with Crippen molar-refractivity contribution in [3.63, 3.8) is 0 Å². The SMILES string of the molecule is CN=C(SC)SCC(C)O. The highest BCUT2D eigenvalue weighted by molar-refractivity contribution is 8.38. The van der Waals surface area contributed by atoms with Gasteiger partial charge in [0, 0.05) is 12.8 Å². The molecule has 0 heterocycles. The fourth-order valence-corrected chi connectivity index (χ4v) is 1.78. The van der Waals surface area contributed by atoms with Crippen LogP contribution in [0.1, 0.15) is 6.92 Å². The van der Waals surface area contributed by atoms with Gasteiger partial charge in [0.15, 0.2) is 0 Å². The summed E-state index contributed by atoms with van der Waals surface area (Å²) in [6.45, 7) is 1.78. The molecule has 0 amide bonds. The Labute approximate surface area is 70.5 Å². The van der Waals surface area contributed by atoms with Crippen LogP contribution in [0.25, 0.3) is 0 Å². The molecule has 0 fully saturated rings. The van der Waals surface area contributed by atoms with E-state index in [4.69, 9.17) is 5.11 Å². The maximum absolute atomic E-state index is 8.91. The summed E-state index contributed by atoms with van der Waals surface area (Å²) < 4.78 is 1.03. The Balaban J connectivity index is 3.46. The molecule has 0 aliphatic carbocycles. The molecule has 1 atom stereocenters. The number of hydrogen-bond donors (Lipinski definition) is 1. The van der Waals surface area contributed by atoms with Gasteiger partial charge in [0.2, 0.25) is 0 Å². The van der Waals surface area contributed by atoms with Crippen molar-refractivity contribution in [1.29, 1.82) is 0 Å². The van der Waals surface area contributed by atoms with Crippen LogP contribution in [0.4, 0.5) is 0 Å². The molecule has 2 nitrogen and oxygen atoms in total. The van der Waals surface area contributed by atoms with Crippen LogP contribution in [0.15, 0.2) is 4.99 Å². The molecule has 0 bridgehead atoms. The smallest absolute Gasteiger partial charge is 0.124 e. The largest absolute Gasteiger partial charge is 0.393 e. The van der Waals surface area contributed by atoms with Crippen molar-refractivity contribution < 1.29 is 5.11 Å². The second kappa shape index (κ2) is 6.07. The lowest BCUT2D eigenvalue weighted by atomic mass is 10.5. The van der Waals surface area contributed by atoms with E-state index in [1.54, 1.807) is 37.5 Å². The molecule has 4 heteroatoms. The summed E-state index contributed by atoms with van der Waals surface area (Å²) in [5.74, 6) is 0.730. The monoisotopic (exact) mass is 179 g/mol. The van der Waals surface area contributed by atoms with Crippen molar-refractivity contribution in [3.05, 3.63) is 0 Å². The van der Waals surface area contributed by atoms with Gasteiger partial charge in [0.1, 0.15) is 4.38 Å². The molecule has 0 rings (SSSR count). The average molecular weight is 179 g/mol. The molecule has 0 saturated heterocycles. The van der Waals surface area contributed by atoms with Crippen LogP contribution in [0.3, 0.4) is 0 Å². The minimum atomic E-state index is -0.242. The number of nitrogens with zero attached hydrogens (tertiary/aromatic N) is 1. The molecular formula is C6H13NOS2. The Morgan fingerprint density at radius 1 is 1.70 bits per heavy atom. The summed E-state index contributed by atoms with van der Waals surface area (Å²) in [5, 5.41) is 8.91. The quantitative estimate of drug-likeness (QED) is 0.514. The lowest BCUT2D eigenvalue weighted by Gasteiger charge is -2.02. The normalized spacial score (nSPS) is 15.4. The van der Waals surface area contributed by atoms with Gasteiger partial charge in [0.05, 0.1) is 6.10 Å². The van der Waals surface area contributed by atoms with E-state index in [1.165, 1.54) is 0 Å². The molecule has 0 aliphatic heterocycles. The van der Waals surface area contributed by atoms with Crippen LogP contribution in [0.5, 0.6) is 0 Å².